The lowest BCUT2D eigenvalue weighted by molar-refractivity contribution is 0.393. The third-order valence-corrected chi connectivity index (χ3v) is 5.96. The van der Waals surface area contributed by atoms with Gasteiger partial charge in [-0.3, -0.25) is 0 Å². The highest BCUT2D eigenvalue weighted by Crippen LogP contribution is 2.29. The fourth-order valence-corrected chi connectivity index (χ4v) is 4.94. The molecule has 0 bridgehead atoms. The first-order valence-electron chi connectivity index (χ1n) is 6.08. The van der Waals surface area contributed by atoms with E-state index >= 15 is 0 Å². The van der Waals surface area contributed by atoms with Gasteiger partial charge in [-0.15, -0.1) is 0 Å². The molecule has 102 valence electrons. The maximum absolute atomic E-state index is 12.7. The molecule has 1 aromatic heterocycles. The van der Waals surface area contributed by atoms with E-state index in [0.29, 0.717) is 24.1 Å². The highest BCUT2D eigenvalue weighted by atomic mass is 32.2. The molecule has 6 nitrogen and oxygen atoms in total. The summed E-state index contributed by atoms with van der Waals surface area (Å²) < 4.78 is 35.1. The minimum atomic E-state index is -3.54. The van der Waals surface area contributed by atoms with Crippen LogP contribution in [0.1, 0.15) is 12.8 Å². The molecule has 2 N–H and O–H groups in total. The van der Waals surface area contributed by atoms with Crippen LogP contribution in [0.15, 0.2) is 23.1 Å². The van der Waals surface area contributed by atoms with Gasteiger partial charge in [-0.25, -0.2) is 8.42 Å². The van der Waals surface area contributed by atoms with Crippen LogP contribution >= 0.6 is 11.7 Å². The Hall–Kier alpha value is -1.09. The van der Waals surface area contributed by atoms with Crippen LogP contribution in [-0.4, -0.2) is 40.6 Å². The van der Waals surface area contributed by atoms with Crippen LogP contribution in [0.2, 0.25) is 0 Å². The van der Waals surface area contributed by atoms with Crippen molar-refractivity contribution in [3.05, 3.63) is 18.2 Å². The predicted octanol–water partition coefficient (Wildman–Crippen LogP) is 0.803. The van der Waals surface area contributed by atoms with Gasteiger partial charge in [-0.05, 0) is 25.0 Å². The molecule has 1 aromatic carbocycles. The topological polar surface area (TPSA) is 89.2 Å². The molecule has 0 spiro atoms. The lowest BCUT2D eigenvalue weighted by atomic mass is 10.2. The highest BCUT2D eigenvalue weighted by molar-refractivity contribution is 7.89. The highest BCUT2D eigenvalue weighted by Gasteiger charge is 2.35. The molecule has 1 saturated heterocycles. The largest absolute Gasteiger partial charge is 0.329 e. The number of benzene rings is 1. The Bertz CT molecular complexity index is 698. The van der Waals surface area contributed by atoms with Crippen LogP contribution in [0.3, 0.4) is 0 Å². The SMILES string of the molecule is NCC1CCCN1S(=O)(=O)c1cccc2nsnc12. The Balaban J connectivity index is 2.12. The molecule has 2 heterocycles. The summed E-state index contributed by atoms with van der Waals surface area (Å²) in [6.07, 6.45) is 1.67. The number of nitrogens with two attached hydrogens (primary N) is 1. The lowest BCUT2D eigenvalue weighted by Crippen LogP contribution is -2.39. The maximum atomic E-state index is 12.7. The van der Waals surface area contributed by atoms with E-state index in [1.54, 1.807) is 18.2 Å². The van der Waals surface area contributed by atoms with Crippen LogP contribution in [0, 0.1) is 0 Å². The number of hydrogen-bond acceptors (Lipinski definition) is 6. The van der Waals surface area contributed by atoms with Crippen molar-refractivity contribution in [3.8, 4) is 0 Å². The summed E-state index contributed by atoms with van der Waals surface area (Å²) in [4.78, 5) is 0.235. The molecular formula is C11H14N4O2S2. The maximum Gasteiger partial charge on any atom is 0.245 e. The third-order valence-electron chi connectivity index (χ3n) is 3.43. The summed E-state index contributed by atoms with van der Waals surface area (Å²) in [6, 6.07) is 4.95. The number of sulfonamides is 1. The molecule has 1 aliphatic rings. The summed E-state index contributed by atoms with van der Waals surface area (Å²) >= 11 is 1.02. The molecule has 19 heavy (non-hydrogen) atoms. The normalized spacial score (nSPS) is 21.2. The number of nitrogens with zero attached hydrogens (tertiary/aromatic N) is 3. The van der Waals surface area contributed by atoms with Gasteiger partial charge in [0.25, 0.3) is 0 Å². The average Bonchev–Trinajstić information content (AvgIpc) is 3.06. The molecule has 0 saturated carbocycles. The van der Waals surface area contributed by atoms with Crippen molar-refractivity contribution in [2.24, 2.45) is 5.73 Å². The van der Waals surface area contributed by atoms with E-state index in [4.69, 9.17) is 5.73 Å². The van der Waals surface area contributed by atoms with Gasteiger partial charge in [-0.1, -0.05) is 6.07 Å². The van der Waals surface area contributed by atoms with E-state index in [-0.39, 0.29) is 10.9 Å². The molecule has 3 rings (SSSR count). The molecular weight excluding hydrogens is 284 g/mol. The van der Waals surface area contributed by atoms with Crippen molar-refractivity contribution >= 4 is 32.8 Å². The smallest absolute Gasteiger partial charge is 0.245 e. The van der Waals surface area contributed by atoms with E-state index in [2.05, 4.69) is 8.75 Å². The van der Waals surface area contributed by atoms with Crippen molar-refractivity contribution in [1.29, 1.82) is 0 Å². The molecule has 0 aliphatic carbocycles. The fourth-order valence-electron chi connectivity index (χ4n) is 2.48. The minimum absolute atomic E-state index is 0.105. The van der Waals surface area contributed by atoms with Crippen LogP contribution in [-0.2, 0) is 10.0 Å². The summed E-state index contributed by atoms with van der Waals surface area (Å²) in [6.45, 7) is 0.878. The molecule has 2 aromatic rings. The van der Waals surface area contributed by atoms with Crippen molar-refractivity contribution < 1.29 is 8.42 Å². The van der Waals surface area contributed by atoms with Crippen molar-refractivity contribution in [3.63, 3.8) is 0 Å². The Kier molecular flexibility index (Phi) is 3.25. The lowest BCUT2D eigenvalue weighted by Gasteiger charge is -2.22. The second-order valence-corrected chi connectivity index (χ2v) is 6.92. The Morgan fingerprint density at radius 1 is 1.42 bits per heavy atom. The van der Waals surface area contributed by atoms with Gasteiger partial charge in [0.15, 0.2) is 0 Å². The van der Waals surface area contributed by atoms with E-state index in [9.17, 15) is 8.42 Å². The van der Waals surface area contributed by atoms with Crippen molar-refractivity contribution in [1.82, 2.24) is 13.1 Å². The molecule has 8 heteroatoms. The average molecular weight is 298 g/mol. The first-order valence-corrected chi connectivity index (χ1v) is 8.25. The van der Waals surface area contributed by atoms with Gasteiger partial charge in [0.1, 0.15) is 15.9 Å². The molecule has 0 radical (unpaired) electrons. The number of hydrogen-bond donors (Lipinski definition) is 1. The van der Waals surface area contributed by atoms with Crippen LogP contribution < -0.4 is 5.73 Å². The summed E-state index contributed by atoms with van der Waals surface area (Å²) in [5.41, 5.74) is 6.73. The minimum Gasteiger partial charge on any atom is -0.329 e. The third kappa shape index (κ3) is 2.04. The first kappa shape index (κ1) is 12.9. The van der Waals surface area contributed by atoms with Crippen molar-refractivity contribution in [2.75, 3.05) is 13.1 Å². The number of aromatic nitrogens is 2. The van der Waals surface area contributed by atoms with Gasteiger partial charge in [0.2, 0.25) is 10.0 Å². The molecule has 1 atom stereocenters. The second kappa shape index (κ2) is 4.78. The summed E-state index contributed by atoms with van der Waals surface area (Å²) in [5.74, 6) is 0. The van der Waals surface area contributed by atoms with E-state index < -0.39 is 10.0 Å². The van der Waals surface area contributed by atoms with Gasteiger partial charge < -0.3 is 5.73 Å². The quantitative estimate of drug-likeness (QED) is 0.905. The van der Waals surface area contributed by atoms with Crippen LogP contribution in [0.25, 0.3) is 11.0 Å². The number of rotatable bonds is 3. The first-order chi connectivity index (χ1) is 9.14. The summed E-state index contributed by atoms with van der Waals surface area (Å²) in [7, 11) is -3.54. The monoisotopic (exact) mass is 298 g/mol. The van der Waals surface area contributed by atoms with Crippen molar-refractivity contribution in [2.45, 2.75) is 23.8 Å². The predicted molar refractivity (Wildman–Crippen MR) is 73.4 cm³/mol. The number of fused-ring (bicyclic) bond motifs is 1. The van der Waals surface area contributed by atoms with E-state index in [1.807, 2.05) is 0 Å². The van der Waals surface area contributed by atoms with E-state index in [1.165, 1.54) is 4.31 Å². The molecule has 1 fully saturated rings. The fraction of sp³-hybridized carbons (Fsp3) is 0.455. The Morgan fingerprint density at radius 3 is 3.05 bits per heavy atom. The van der Waals surface area contributed by atoms with Gasteiger partial charge in [0, 0.05) is 19.1 Å². The Morgan fingerprint density at radius 2 is 2.26 bits per heavy atom. The standard InChI is InChI=1S/C11H14N4O2S2/c12-7-8-3-2-6-15(8)19(16,17)10-5-1-4-9-11(10)14-18-13-9/h1,4-5,8H,2-3,6-7,12H2. The molecule has 0 amide bonds. The molecule has 1 unspecified atom stereocenters. The summed E-state index contributed by atoms with van der Waals surface area (Å²) in [5, 5.41) is 0. The van der Waals surface area contributed by atoms with Crippen LogP contribution in [0.4, 0.5) is 0 Å². The van der Waals surface area contributed by atoms with E-state index in [0.717, 1.165) is 24.6 Å². The van der Waals surface area contributed by atoms with Gasteiger partial charge in [-0.2, -0.15) is 13.1 Å². The second-order valence-electron chi connectivity index (χ2n) is 4.54. The Labute approximate surface area is 115 Å². The zero-order valence-corrected chi connectivity index (χ0v) is 11.8. The van der Waals surface area contributed by atoms with Gasteiger partial charge >= 0.3 is 0 Å². The zero-order valence-electron chi connectivity index (χ0n) is 10.2. The van der Waals surface area contributed by atoms with Crippen LogP contribution in [0.5, 0.6) is 0 Å². The zero-order chi connectivity index (χ0) is 13.5. The molecule has 1 aliphatic heterocycles. The van der Waals surface area contributed by atoms with Gasteiger partial charge in [0.05, 0.1) is 11.7 Å².